The van der Waals surface area contributed by atoms with E-state index < -0.39 is 9.84 Å². The smallest absolute Gasteiger partial charge is 0.193 e. The highest BCUT2D eigenvalue weighted by Crippen LogP contribution is 2.12. The number of hydrogen-bond acceptors (Lipinski definition) is 3. The standard InChI is InChI=1S/C19H24BrN3O2S.HI/c1-21-19(23(2)14-16-4-8-17(20)9-5-16)22-13-12-15-6-10-18(11-7-15)26(3,24)25;/h4-11H,12-14H2,1-3H3,(H,21,22);1H. The van der Waals surface area contributed by atoms with Crippen LogP contribution in [0, 0.1) is 0 Å². The van der Waals surface area contributed by atoms with Crippen molar-refractivity contribution < 1.29 is 8.42 Å². The number of rotatable bonds is 6. The molecule has 0 aromatic heterocycles. The molecule has 0 saturated carbocycles. The molecule has 5 nitrogen and oxygen atoms in total. The highest BCUT2D eigenvalue weighted by atomic mass is 127. The van der Waals surface area contributed by atoms with Crippen LogP contribution in [0.5, 0.6) is 0 Å². The summed E-state index contributed by atoms with van der Waals surface area (Å²) in [4.78, 5) is 6.73. The van der Waals surface area contributed by atoms with Crippen LogP contribution in [0.1, 0.15) is 11.1 Å². The molecule has 0 heterocycles. The quantitative estimate of drug-likeness (QED) is 0.329. The van der Waals surface area contributed by atoms with Crippen molar-refractivity contribution in [1.29, 1.82) is 0 Å². The Balaban J connectivity index is 0.00000364. The van der Waals surface area contributed by atoms with Gasteiger partial charge in [-0.1, -0.05) is 40.2 Å². The number of hydrogen-bond donors (Lipinski definition) is 1. The zero-order chi connectivity index (χ0) is 19.2. The maximum Gasteiger partial charge on any atom is 0.193 e. The first kappa shape index (κ1) is 23.9. The van der Waals surface area contributed by atoms with Gasteiger partial charge in [0, 0.05) is 37.9 Å². The molecule has 0 radical (unpaired) electrons. The van der Waals surface area contributed by atoms with Crippen molar-refractivity contribution in [3.05, 3.63) is 64.1 Å². The molecule has 0 fully saturated rings. The van der Waals surface area contributed by atoms with Crippen molar-refractivity contribution in [2.24, 2.45) is 4.99 Å². The van der Waals surface area contributed by atoms with E-state index >= 15 is 0 Å². The second-order valence-electron chi connectivity index (χ2n) is 6.12. The topological polar surface area (TPSA) is 61.8 Å². The number of halogens is 2. The van der Waals surface area contributed by atoms with Crippen LogP contribution in [0.2, 0.25) is 0 Å². The Morgan fingerprint density at radius 2 is 1.63 bits per heavy atom. The van der Waals surface area contributed by atoms with Crippen LogP contribution in [-0.4, -0.2) is 46.2 Å². The van der Waals surface area contributed by atoms with Gasteiger partial charge in [-0.05, 0) is 41.8 Å². The van der Waals surface area contributed by atoms with Crippen molar-refractivity contribution in [3.63, 3.8) is 0 Å². The fraction of sp³-hybridized carbons (Fsp3) is 0.316. The van der Waals surface area contributed by atoms with Crippen molar-refractivity contribution in [2.75, 3.05) is 26.9 Å². The van der Waals surface area contributed by atoms with E-state index in [0.29, 0.717) is 4.90 Å². The molecular weight excluding hydrogens is 541 g/mol. The van der Waals surface area contributed by atoms with Crippen LogP contribution in [-0.2, 0) is 22.8 Å². The van der Waals surface area contributed by atoms with Gasteiger partial charge in [-0.15, -0.1) is 24.0 Å². The van der Waals surface area contributed by atoms with Gasteiger partial charge in [-0.25, -0.2) is 8.42 Å². The Morgan fingerprint density at radius 3 is 2.15 bits per heavy atom. The number of nitrogens with zero attached hydrogens (tertiary/aromatic N) is 2. The third-order valence-corrected chi connectivity index (χ3v) is 5.61. The summed E-state index contributed by atoms with van der Waals surface area (Å²) < 4.78 is 24.1. The van der Waals surface area contributed by atoms with Gasteiger partial charge in [0.05, 0.1) is 4.90 Å². The second kappa shape index (κ2) is 11.0. The van der Waals surface area contributed by atoms with E-state index in [4.69, 9.17) is 0 Å². The van der Waals surface area contributed by atoms with Crippen molar-refractivity contribution in [3.8, 4) is 0 Å². The van der Waals surface area contributed by atoms with Crippen LogP contribution in [0.25, 0.3) is 0 Å². The van der Waals surface area contributed by atoms with Crippen LogP contribution in [0.15, 0.2) is 62.9 Å². The lowest BCUT2D eigenvalue weighted by Crippen LogP contribution is -2.39. The Hall–Kier alpha value is -1.13. The summed E-state index contributed by atoms with van der Waals surface area (Å²) in [5.41, 5.74) is 2.28. The van der Waals surface area contributed by atoms with Gasteiger partial charge < -0.3 is 10.2 Å². The average Bonchev–Trinajstić information content (AvgIpc) is 2.60. The van der Waals surface area contributed by atoms with Crippen molar-refractivity contribution in [2.45, 2.75) is 17.9 Å². The first-order chi connectivity index (χ1) is 12.3. The highest BCUT2D eigenvalue weighted by molar-refractivity contribution is 14.0. The predicted octanol–water partition coefficient (Wildman–Crippen LogP) is 3.72. The summed E-state index contributed by atoms with van der Waals surface area (Å²) in [5.74, 6) is 0.820. The summed E-state index contributed by atoms with van der Waals surface area (Å²) in [7, 11) is 0.618. The average molecular weight is 566 g/mol. The van der Waals surface area contributed by atoms with E-state index in [2.05, 4.69) is 43.3 Å². The lowest BCUT2D eigenvalue weighted by atomic mass is 10.1. The zero-order valence-corrected chi connectivity index (χ0v) is 20.4. The van der Waals surface area contributed by atoms with Crippen molar-refractivity contribution in [1.82, 2.24) is 10.2 Å². The van der Waals surface area contributed by atoms with E-state index in [9.17, 15) is 8.42 Å². The number of guanidine groups is 1. The molecule has 2 aromatic carbocycles. The lowest BCUT2D eigenvalue weighted by Gasteiger charge is -2.22. The monoisotopic (exact) mass is 565 g/mol. The Kier molecular flexibility index (Phi) is 9.75. The van der Waals surface area contributed by atoms with Crippen LogP contribution in [0.4, 0.5) is 0 Å². The second-order valence-corrected chi connectivity index (χ2v) is 9.05. The molecule has 0 atom stereocenters. The van der Waals surface area contributed by atoms with E-state index in [-0.39, 0.29) is 24.0 Å². The first-order valence-corrected chi connectivity index (χ1v) is 10.9. The van der Waals surface area contributed by atoms with E-state index in [1.165, 1.54) is 11.8 Å². The van der Waals surface area contributed by atoms with Crippen molar-refractivity contribution >= 4 is 55.7 Å². The summed E-state index contributed by atoms with van der Waals surface area (Å²) in [6.45, 7) is 1.48. The molecule has 2 rings (SSSR count). The SMILES string of the molecule is CN=C(NCCc1ccc(S(C)(=O)=O)cc1)N(C)Cc1ccc(Br)cc1.I. The van der Waals surface area contributed by atoms with Crippen LogP contribution < -0.4 is 5.32 Å². The minimum atomic E-state index is -3.15. The molecule has 0 bridgehead atoms. The van der Waals surface area contributed by atoms with E-state index in [1.54, 1.807) is 19.2 Å². The summed E-state index contributed by atoms with van der Waals surface area (Å²) in [5, 5.41) is 3.34. The molecule has 0 aliphatic rings. The number of benzene rings is 2. The molecule has 0 spiro atoms. The molecule has 1 N–H and O–H groups in total. The lowest BCUT2D eigenvalue weighted by molar-refractivity contribution is 0.477. The maximum absolute atomic E-state index is 11.5. The fourth-order valence-corrected chi connectivity index (χ4v) is 3.44. The van der Waals surface area contributed by atoms with Crippen LogP contribution >= 0.6 is 39.9 Å². The molecule has 27 heavy (non-hydrogen) atoms. The first-order valence-electron chi connectivity index (χ1n) is 8.25. The predicted molar refractivity (Wildman–Crippen MR) is 126 cm³/mol. The highest BCUT2D eigenvalue weighted by Gasteiger charge is 2.08. The Bertz CT molecular complexity index is 854. The molecule has 0 amide bonds. The summed E-state index contributed by atoms with van der Waals surface area (Å²) >= 11 is 3.44. The van der Waals surface area contributed by atoms with E-state index in [0.717, 1.165) is 35.5 Å². The summed E-state index contributed by atoms with van der Waals surface area (Å²) in [6.07, 6.45) is 2.00. The molecule has 0 aliphatic heterocycles. The van der Waals surface area contributed by atoms with Gasteiger partial charge in [0.25, 0.3) is 0 Å². The largest absolute Gasteiger partial charge is 0.356 e. The van der Waals surface area contributed by atoms with Gasteiger partial charge in [0.15, 0.2) is 15.8 Å². The molecule has 0 aliphatic carbocycles. The third-order valence-electron chi connectivity index (χ3n) is 3.95. The van der Waals surface area contributed by atoms with Gasteiger partial charge in [0.2, 0.25) is 0 Å². The maximum atomic E-state index is 11.5. The Morgan fingerprint density at radius 1 is 1.07 bits per heavy atom. The van der Waals surface area contributed by atoms with E-state index in [1.807, 2.05) is 31.3 Å². The molecule has 0 saturated heterocycles. The van der Waals surface area contributed by atoms with Gasteiger partial charge in [0.1, 0.15) is 0 Å². The molecule has 148 valence electrons. The molecular formula is C19H25BrIN3O2S. The third kappa shape index (κ3) is 7.79. The number of nitrogens with one attached hydrogen (secondary N) is 1. The molecule has 2 aromatic rings. The minimum Gasteiger partial charge on any atom is -0.356 e. The minimum absolute atomic E-state index is 0. The van der Waals surface area contributed by atoms with Gasteiger partial charge >= 0.3 is 0 Å². The molecule has 8 heteroatoms. The normalized spacial score (nSPS) is 11.6. The molecule has 0 unspecified atom stereocenters. The van der Waals surface area contributed by atoms with Gasteiger partial charge in [-0.3, -0.25) is 4.99 Å². The zero-order valence-electron chi connectivity index (χ0n) is 15.6. The summed E-state index contributed by atoms with van der Waals surface area (Å²) in [6, 6.07) is 15.2. The fourth-order valence-electron chi connectivity index (χ4n) is 2.55. The number of aliphatic imine (C=N–C) groups is 1. The number of sulfone groups is 1. The van der Waals surface area contributed by atoms with Gasteiger partial charge in [-0.2, -0.15) is 0 Å². The van der Waals surface area contributed by atoms with Crippen LogP contribution in [0.3, 0.4) is 0 Å². The Labute approximate surface area is 187 Å².